The minimum atomic E-state index is -0.709. The van der Waals surface area contributed by atoms with Crippen LogP contribution in [-0.4, -0.2) is 29.5 Å². The second-order valence-electron chi connectivity index (χ2n) is 4.73. The Morgan fingerprint density at radius 1 is 1.26 bits per heavy atom. The highest BCUT2D eigenvalue weighted by atomic mass is 16.5. The van der Waals surface area contributed by atoms with Crippen LogP contribution in [0.4, 0.5) is 5.69 Å². The summed E-state index contributed by atoms with van der Waals surface area (Å²) in [5, 5.41) is 6.10. The van der Waals surface area contributed by atoms with E-state index in [2.05, 4.69) is 10.5 Å². The van der Waals surface area contributed by atoms with Gasteiger partial charge in [-0.2, -0.15) is 0 Å². The number of carbonyl (C=O) groups is 3. The van der Waals surface area contributed by atoms with Gasteiger partial charge in [-0.15, -0.1) is 0 Å². The number of hydrogen-bond acceptors (Lipinski definition) is 6. The number of ether oxygens (including phenoxy) is 1. The molecular weight excluding hydrogens is 302 g/mol. The van der Waals surface area contributed by atoms with Gasteiger partial charge in [0, 0.05) is 0 Å². The van der Waals surface area contributed by atoms with E-state index in [0.29, 0.717) is 11.5 Å². The SMILES string of the molecule is Cc1noc(C)c1C(=O)OCC(=O)Nc1ccccc1C(N)=O. The van der Waals surface area contributed by atoms with Crippen molar-refractivity contribution in [2.75, 3.05) is 11.9 Å². The fraction of sp³-hybridized carbons (Fsp3) is 0.200. The van der Waals surface area contributed by atoms with Crippen molar-refractivity contribution in [1.29, 1.82) is 0 Å². The number of hydrogen-bond donors (Lipinski definition) is 2. The predicted octanol–water partition coefficient (Wildman–Crippen LogP) is 1.19. The molecule has 2 rings (SSSR count). The molecule has 0 fully saturated rings. The molecule has 0 aliphatic rings. The molecule has 0 aliphatic heterocycles. The number of nitrogens with two attached hydrogens (primary N) is 1. The minimum absolute atomic E-state index is 0.165. The number of rotatable bonds is 5. The van der Waals surface area contributed by atoms with Crippen molar-refractivity contribution in [1.82, 2.24) is 5.16 Å². The number of aryl methyl sites for hydroxylation is 2. The molecule has 1 aromatic carbocycles. The third kappa shape index (κ3) is 3.73. The van der Waals surface area contributed by atoms with Crippen LogP contribution in [0.3, 0.4) is 0 Å². The molecule has 0 saturated carbocycles. The van der Waals surface area contributed by atoms with E-state index in [-0.39, 0.29) is 16.8 Å². The maximum atomic E-state index is 11.9. The summed E-state index contributed by atoms with van der Waals surface area (Å²) in [5.41, 5.74) is 6.20. The number of carbonyl (C=O) groups excluding carboxylic acids is 3. The summed E-state index contributed by atoms with van der Waals surface area (Å²) in [6.45, 7) is 2.64. The first-order valence-electron chi connectivity index (χ1n) is 6.69. The number of benzene rings is 1. The third-order valence-electron chi connectivity index (χ3n) is 3.04. The number of aromatic nitrogens is 1. The first kappa shape index (κ1) is 16.2. The topological polar surface area (TPSA) is 125 Å². The first-order chi connectivity index (χ1) is 10.9. The Balaban J connectivity index is 1.99. The van der Waals surface area contributed by atoms with E-state index in [1.54, 1.807) is 26.0 Å². The van der Waals surface area contributed by atoms with Gasteiger partial charge in [-0.3, -0.25) is 9.59 Å². The molecule has 0 radical (unpaired) electrons. The lowest BCUT2D eigenvalue weighted by Gasteiger charge is -2.09. The Labute approximate surface area is 131 Å². The van der Waals surface area contributed by atoms with Crippen LogP contribution in [0.25, 0.3) is 0 Å². The van der Waals surface area contributed by atoms with Gasteiger partial charge in [0.25, 0.3) is 11.8 Å². The van der Waals surface area contributed by atoms with Gasteiger partial charge < -0.3 is 20.3 Å². The van der Waals surface area contributed by atoms with Crippen LogP contribution in [0.5, 0.6) is 0 Å². The van der Waals surface area contributed by atoms with Gasteiger partial charge in [0.2, 0.25) is 0 Å². The van der Waals surface area contributed by atoms with Crippen LogP contribution in [0.2, 0.25) is 0 Å². The lowest BCUT2D eigenvalue weighted by Crippen LogP contribution is -2.23. The molecule has 1 heterocycles. The lowest BCUT2D eigenvalue weighted by atomic mass is 10.1. The van der Waals surface area contributed by atoms with Gasteiger partial charge in [0.05, 0.1) is 16.9 Å². The zero-order chi connectivity index (χ0) is 17.0. The quantitative estimate of drug-likeness (QED) is 0.798. The van der Waals surface area contributed by atoms with Gasteiger partial charge in [-0.05, 0) is 26.0 Å². The Hall–Kier alpha value is -3.16. The normalized spacial score (nSPS) is 10.2. The molecule has 0 unspecified atom stereocenters. The van der Waals surface area contributed by atoms with Crippen molar-refractivity contribution >= 4 is 23.5 Å². The summed E-state index contributed by atoms with van der Waals surface area (Å²) >= 11 is 0. The highest BCUT2D eigenvalue weighted by Crippen LogP contribution is 2.15. The average molecular weight is 317 g/mol. The highest BCUT2D eigenvalue weighted by Gasteiger charge is 2.20. The van der Waals surface area contributed by atoms with Gasteiger partial charge in [-0.25, -0.2) is 4.79 Å². The molecule has 120 valence electrons. The molecule has 0 bridgehead atoms. The fourth-order valence-corrected chi connectivity index (χ4v) is 1.97. The van der Waals surface area contributed by atoms with Crippen LogP contribution in [0, 0.1) is 13.8 Å². The second kappa shape index (κ2) is 6.73. The summed E-state index contributed by atoms with van der Waals surface area (Å²) in [6.07, 6.45) is 0. The Morgan fingerprint density at radius 3 is 2.57 bits per heavy atom. The van der Waals surface area contributed by atoms with Crippen LogP contribution < -0.4 is 11.1 Å². The van der Waals surface area contributed by atoms with E-state index < -0.39 is 24.4 Å². The molecule has 8 heteroatoms. The van der Waals surface area contributed by atoms with E-state index in [4.69, 9.17) is 15.0 Å². The van der Waals surface area contributed by atoms with Crippen molar-refractivity contribution in [2.24, 2.45) is 5.73 Å². The minimum Gasteiger partial charge on any atom is -0.452 e. The average Bonchev–Trinajstić information content (AvgIpc) is 2.84. The molecule has 0 atom stereocenters. The van der Waals surface area contributed by atoms with Crippen LogP contribution >= 0.6 is 0 Å². The lowest BCUT2D eigenvalue weighted by molar-refractivity contribution is -0.119. The van der Waals surface area contributed by atoms with E-state index in [1.165, 1.54) is 12.1 Å². The molecule has 1 aromatic heterocycles. The van der Waals surface area contributed by atoms with Crippen molar-refractivity contribution < 1.29 is 23.6 Å². The molecule has 0 aliphatic carbocycles. The van der Waals surface area contributed by atoms with Gasteiger partial charge in [-0.1, -0.05) is 17.3 Å². The molecule has 2 aromatic rings. The summed E-state index contributed by atoms with van der Waals surface area (Å²) < 4.78 is 9.77. The molecule has 23 heavy (non-hydrogen) atoms. The monoisotopic (exact) mass is 317 g/mol. The van der Waals surface area contributed by atoms with Gasteiger partial charge in [0.1, 0.15) is 11.3 Å². The fourth-order valence-electron chi connectivity index (χ4n) is 1.97. The van der Waals surface area contributed by atoms with Gasteiger partial charge in [0.15, 0.2) is 6.61 Å². The largest absolute Gasteiger partial charge is 0.452 e. The van der Waals surface area contributed by atoms with E-state index >= 15 is 0 Å². The number of amides is 2. The zero-order valence-corrected chi connectivity index (χ0v) is 12.6. The van der Waals surface area contributed by atoms with Crippen molar-refractivity contribution in [3.63, 3.8) is 0 Å². The number of para-hydroxylation sites is 1. The molecule has 2 amide bonds. The maximum absolute atomic E-state index is 11.9. The van der Waals surface area contributed by atoms with E-state index in [9.17, 15) is 14.4 Å². The Morgan fingerprint density at radius 2 is 1.96 bits per heavy atom. The molecule has 0 spiro atoms. The summed E-state index contributed by atoms with van der Waals surface area (Å²) in [5.74, 6) is -1.67. The molecular formula is C15H15N3O5. The molecule has 8 nitrogen and oxygen atoms in total. The predicted molar refractivity (Wildman–Crippen MR) is 79.8 cm³/mol. The van der Waals surface area contributed by atoms with Crippen LogP contribution in [0.15, 0.2) is 28.8 Å². The number of primary amides is 1. The highest BCUT2D eigenvalue weighted by molar-refractivity contribution is 6.03. The van der Waals surface area contributed by atoms with E-state index in [0.717, 1.165) is 0 Å². The Kier molecular flexibility index (Phi) is 4.75. The summed E-state index contributed by atoms with van der Waals surface area (Å²) in [6, 6.07) is 6.26. The van der Waals surface area contributed by atoms with Crippen molar-refractivity contribution in [3.8, 4) is 0 Å². The maximum Gasteiger partial charge on any atom is 0.344 e. The number of nitrogens with one attached hydrogen (secondary N) is 1. The Bertz CT molecular complexity index is 747. The van der Waals surface area contributed by atoms with Crippen LogP contribution in [0.1, 0.15) is 32.2 Å². The van der Waals surface area contributed by atoms with Crippen molar-refractivity contribution in [3.05, 3.63) is 46.8 Å². The number of esters is 1. The number of nitrogens with zero attached hydrogens (tertiary/aromatic N) is 1. The third-order valence-corrected chi connectivity index (χ3v) is 3.04. The molecule has 3 N–H and O–H groups in total. The first-order valence-corrected chi connectivity index (χ1v) is 6.69. The van der Waals surface area contributed by atoms with Crippen LogP contribution in [-0.2, 0) is 9.53 Å². The molecule has 0 saturated heterocycles. The van der Waals surface area contributed by atoms with Crippen molar-refractivity contribution in [2.45, 2.75) is 13.8 Å². The number of anilines is 1. The smallest absolute Gasteiger partial charge is 0.344 e. The standard InChI is InChI=1S/C15H15N3O5/c1-8-13(9(2)23-18-8)15(21)22-7-12(19)17-11-6-4-3-5-10(11)14(16)20/h3-6H,7H2,1-2H3,(H2,16,20)(H,17,19). The summed E-state index contributed by atoms with van der Waals surface area (Å²) in [4.78, 5) is 35.0. The zero-order valence-electron chi connectivity index (χ0n) is 12.6. The summed E-state index contributed by atoms with van der Waals surface area (Å²) in [7, 11) is 0. The van der Waals surface area contributed by atoms with Gasteiger partial charge >= 0.3 is 5.97 Å². The second-order valence-corrected chi connectivity index (χ2v) is 4.73. The van der Waals surface area contributed by atoms with E-state index in [1.807, 2.05) is 0 Å².